The molecule has 0 aromatic heterocycles. The van der Waals surface area contributed by atoms with Gasteiger partial charge in [0.05, 0.1) is 5.92 Å². The first kappa shape index (κ1) is 14.2. The number of piperidine rings is 1. The molecule has 0 spiro atoms. The third-order valence-electron chi connectivity index (χ3n) is 4.45. The van der Waals surface area contributed by atoms with Crippen LogP contribution in [0.3, 0.4) is 0 Å². The van der Waals surface area contributed by atoms with Crippen LogP contribution in [0.15, 0.2) is 0 Å². The predicted molar refractivity (Wildman–Crippen MR) is 77.9 cm³/mol. The fourth-order valence-corrected chi connectivity index (χ4v) is 4.03. The number of amides is 1. The first-order valence-electron chi connectivity index (χ1n) is 7.29. The normalized spacial score (nSPS) is 27.7. The van der Waals surface area contributed by atoms with Gasteiger partial charge in [-0.15, -0.1) is 0 Å². The number of thioether (sulfide) groups is 1. The van der Waals surface area contributed by atoms with Gasteiger partial charge in [-0.3, -0.25) is 4.79 Å². The predicted octanol–water partition coefficient (Wildman–Crippen LogP) is 2.17. The Morgan fingerprint density at radius 2 is 2.11 bits per heavy atom. The van der Waals surface area contributed by atoms with Gasteiger partial charge in [-0.25, -0.2) is 0 Å². The summed E-state index contributed by atoms with van der Waals surface area (Å²) in [7, 11) is 0. The molecule has 2 aliphatic rings. The average molecular weight is 270 g/mol. The van der Waals surface area contributed by atoms with Crippen LogP contribution in [0.4, 0.5) is 0 Å². The summed E-state index contributed by atoms with van der Waals surface area (Å²) < 4.78 is 0.315. The maximum atomic E-state index is 12.1. The SMILES string of the molecule is CSC1(CNC(=O)[C@@H]2CCCNC2)CCCCC1. The number of carbonyl (C=O) groups is 1. The molecule has 1 atom stereocenters. The highest BCUT2D eigenvalue weighted by Gasteiger charge is 2.32. The van der Waals surface area contributed by atoms with Crippen molar-refractivity contribution in [3.05, 3.63) is 0 Å². The second kappa shape index (κ2) is 6.80. The molecule has 1 aliphatic carbocycles. The van der Waals surface area contributed by atoms with E-state index in [0.29, 0.717) is 4.75 Å². The van der Waals surface area contributed by atoms with E-state index in [4.69, 9.17) is 0 Å². The molecule has 104 valence electrons. The van der Waals surface area contributed by atoms with Crippen LogP contribution in [0.2, 0.25) is 0 Å². The van der Waals surface area contributed by atoms with Crippen molar-refractivity contribution in [2.75, 3.05) is 25.9 Å². The lowest BCUT2D eigenvalue weighted by Gasteiger charge is -2.36. The van der Waals surface area contributed by atoms with Crippen molar-refractivity contribution in [2.45, 2.75) is 49.7 Å². The van der Waals surface area contributed by atoms with Gasteiger partial charge < -0.3 is 10.6 Å². The number of nitrogens with one attached hydrogen (secondary N) is 2. The van der Waals surface area contributed by atoms with E-state index in [2.05, 4.69) is 16.9 Å². The average Bonchev–Trinajstić information content (AvgIpc) is 2.47. The van der Waals surface area contributed by atoms with Crippen LogP contribution < -0.4 is 10.6 Å². The Hall–Kier alpha value is -0.220. The topological polar surface area (TPSA) is 41.1 Å². The van der Waals surface area contributed by atoms with E-state index in [-0.39, 0.29) is 11.8 Å². The van der Waals surface area contributed by atoms with Crippen LogP contribution in [0.25, 0.3) is 0 Å². The van der Waals surface area contributed by atoms with Crippen LogP contribution in [-0.4, -0.2) is 36.5 Å². The van der Waals surface area contributed by atoms with Crippen molar-refractivity contribution in [3.8, 4) is 0 Å². The van der Waals surface area contributed by atoms with Gasteiger partial charge in [0.1, 0.15) is 0 Å². The van der Waals surface area contributed by atoms with E-state index in [1.165, 1.54) is 32.1 Å². The molecular weight excluding hydrogens is 244 g/mol. The highest BCUT2D eigenvalue weighted by Crippen LogP contribution is 2.38. The number of hydrogen-bond acceptors (Lipinski definition) is 3. The molecular formula is C14H26N2OS. The molecule has 2 N–H and O–H groups in total. The van der Waals surface area contributed by atoms with Crippen LogP contribution >= 0.6 is 11.8 Å². The van der Waals surface area contributed by atoms with Crippen LogP contribution in [0.1, 0.15) is 44.9 Å². The molecule has 2 fully saturated rings. The minimum Gasteiger partial charge on any atom is -0.354 e. The lowest BCUT2D eigenvalue weighted by molar-refractivity contribution is -0.125. The van der Waals surface area contributed by atoms with E-state index < -0.39 is 0 Å². The van der Waals surface area contributed by atoms with Gasteiger partial charge in [0.25, 0.3) is 0 Å². The highest BCUT2D eigenvalue weighted by molar-refractivity contribution is 8.00. The molecule has 1 amide bonds. The van der Waals surface area contributed by atoms with Gasteiger partial charge in [0.2, 0.25) is 5.91 Å². The first-order valence-corrected chi connectivity index (χ1v) is 8.52. The Bertz CT molecular complexity index is 271. The molecule has 0 unspecified atom stereocenters. The molecule has 1 heterocycles. The molecule has 4 heteroatoms. The second-order valence-corrected chi connectivity index (χ2v) is 6.98. The van der Waals surface area contributed by atoms with Crippen molar-refractivity contribution in [1.29, 1.82) is 0 Å². The van der Waals surface area contributed by atoms with Gasteiger partial charge in [0, 0.05) is 17.8 Å². The summed E-state index contributed by atoms with van der Waals surface area (Å²) in [5.41, 5.74) is 0. The van der Waals surface area contributed by atoms with Crippen molar-refractivity contribution in [3.63, 3.8) is 0 Å². The Morgan fingerprint density at radius 1 is 1.33 bits per heavy atom. The molecule has 18 heavy (non-hydrogen) atoms. The standard InChI is InChI=1S/C14H26N2OS/c1-18-14(7-3-2-4-8-14)11-16-13(17)12-6-5-9-15-10-12/h12,15H,2-11H2,1H3,(H,16,17)/t12-/m1/s1. The quantitative estimate of drug-likeness (QED) is 0.822. The molecule has 0 aromatic rings. The fraction of sp³-hybridized carbons (Fsp3) is 0.929. The maximum Gasteiger partial charge on any atom is 0.224 e. The molecule has 0 aromatic carbocycles. The second-order valence-electron chi connectivity index (χ2n) is 5.71. The van der Waals surface area contributed by atoms with E-state index >= 15 is 0 Å². The lowest BCUT2D eigenvalue weighted by atomic mass is 9.88. The van der Waals surface area contributed by atoms with Crippen LogP contribution in [0.5, 0.6) is 0 Å². The zero-order valence-electron chi connectivity index (χ0n) is 11.5. The third kappa shape index (κ3) is 3.64. The van der Waals surface area contributed by atoms with E-state index in [0.717, 1.165) is 32.5 Å². The molecule has 1 saturated carbocycles. The minimum atomic E-state index is 0.196. The van der Waals surface area contributed by atoms with Crippen molar-refractivity contribution < 1.29 is 4.79 Å². The fourth-order valence-electron chi connectivity index (χ4n) is 3.12. The Kier molecular flexibility index (Phi) is 5.37. The van der Waals surface area contributed by atoms with E-state index in [1.54, 1.807) is 0 Å². The Labute approximate surface area is 115 Å². The molecule has 3 nitrogen and oxygen atoms in total. The van der Waals surface area contributed by atoms with Gasteiger partial charge in [-0.2, -0.15) is 11.8 Å². The van der Waals surface area contributed by atoms with Gasteiger partial charge in [0.15, 0.2) is 0 Å². The lowest BCUT2D eigenvalue weighted by Crippen LogP contribution is -2.46. The summed E-state index contributed by atoms with van der Waals surface area (Å²) in [6.45, 7) is 2.79. The first-order chi connectivity index (χ1) is 8.76. The molecule has 1 aliphatic heterocycles. The number of carbonyl (C=O) groups excluding carboxylic acids is 1. The van der Waals surface area contributed by atoms with Crippen LogP contribution in [-0.2, 0) is 4.79 Å². The minimum absolute atomic E-state index is 0.196. The molecule has 2 rings (SSSR count). The maximum absolute atomic E-state index is 12.1. The van der Waals surface area contributed by atoms with Gasteiger partial charge in [-0.05, 0) is 38.5 Å². The zero-order chi connectivity index (χ0) is 12.8. The summed E-state index contributed by atoms with van der Waals surface area (Å²) in [6, 6.07) is 0. The summed E-state index contributed by atoms with van der Waals surface area (Å²) in [5, 5.41) is 6.53. The largest absolute Gasteiger partial charge is 0.354 e. The van der Waals surface area contributed by atoms with Crippen molar-refractivity contribution in [1.82, 2.24) is 10.6 Å². The van der Waals surface area contributed by atoms with E-state index in [9.17, 15) is 4.79 Å². The monoisotopic (exact) mass is 270 g/mol. The molecule has 1 saturated heterocycles. The van der Waals surface area contributed by atoms with Crippen molar-refractivity contribution in [2.24, 2.45) is 5.92 Å². The van der Waals surface area contributed by atoms with Gasteiger partial charge >= 0.3 is 0 Å². The van der Waals surface area contributed by atoms with Crippen molar-refractivity contribution >= 4 is 17.7 Å². The third-order valence-corrected chi connectivity index (χ3v) is 5.87. The number of rotatable bonds is 4. The molecule has 0 radical (unpaired) electrons. The Morgan fingerprint density at radius 3 is 2.72 bits per heavy atom. The summed E-state index contributed by atoms with van der Waals surface area (Å²) in [5.74, 6) is 0.461. The molecule has 0 bridgehead atoms. The van der Waals surface area contributed by atoms with Crippen LogP contribution in [0, 0.1) is 5.92 Å². The zero-order valence-corrected chi connectivity index (χ0v) is 12.3. The summed E-state index contributed by atoms with van der Waals surface area (Å²) in [4.78, 5) is 12.1. The summed E-state index contributed by atoms with van der Waals surface area (Å²) >= 11 is 1.95. The Balaban J connectivity index is 1.79. The van der Waals surface area contributed by atoms with Gasteiger partial charge in [-0.1, -0.05) is 19.3 Å². The number of hydrogen-bond donors (Lipinski definition) is 2. The highest BCUT2D eigenvalue weighted by atomic mass is 32.2. The smallest absolute Gasteiger partial charge is 0.224 e. The van der Waals surface area contributed by atoms with E-state index in [1.807, 2.05) is 11.8 Å². The summed E-state index contributed by atoms with van der Waals surface area (Å²) in [6.07, 6.45) is 10.9.